The Kier molecular flexibility index (Phi) is 6.14. The fourth-order valence-electron chi connectivity index (χ4n) is 1.36. The van der Waals surface area contributed by atoms with Crippen molar-refractivity contribution in [2.45, 2.75) is 19.3 Å². The highest BCUT2D eigenvalue weighted by Gasteiger charge is 2.14. The lowest BCUT2D eigenvalue weighted by Gasteiger charge is -2.09. The smallest absolute Gasteiger partial charge is 0.217 e. The highest BCUT2D eigenvalue weighted by Crippen LogP contribution is 2.00. The van der Waals surface area contributed by atoms with E-state index in [9.17, 15) is 4.79 Å². The molecule has 0 fully saturated rings. The molecule has 0 spiro atoms. The van der Waals surface area contributed by atoms with Crippen molar-refractivity contribution in [1.82, 2.24) is 0 Å². The first-order valence-corrected chi connectivity index (χ1v) is 5.38. The number of Topliss-reactive ketones (excluding diaryl/α,β-unsaturated/α-hetero) is 1. The van der Waals surface area contributed by atoms with Crippen LogP contribution >= 0.6 is 0 Å². The summed E-state index contributed by atoms with van der Waals surface area (Å²) in [7, 11) is 2.88. The van der Waals surface area contributed by atoms with Crippen molar-refractivity contribution in [2.24, 2.45) is 4.99 Å². The maximum Gasteiger partial charge on any atom is 0.217 e. The van der Waals surface area contributed by atoms with Crippen molar-refractivity contribution >= 4 is 12.0 Å². The topological polar surface area (TPSA) is 47.9 Å². The van der Waals surface area contributed by atoms with Crippen LogP contribution in [0.4, 0.5) is 0 Å². The minimum Gasteiger partial charge on any atom is -0.349 e. The molecule has 17 heavy (non-hydrogen) atoms. The molecule has 4 nitrogen and oxygen atoms in total. The van der Waals surface area contributed by atoms with E-state index in [1.165, 1.54) is 14.2 Å². The molecule has 0 aliphatic rings. The lowest BCUT2D eigenvalue weighted by molar-refractivity contribution is -0.155. The Hall–Kier alpha value is -1.52. The second-order valence-electron chi connectivity index (χ2n) is 3.48. The molecule has 0 amide bonds. The number of rotatable bonds is 7. The molecule has 1 aromatic rings. The monoisotopic (exact) mass is 235 g/mol. The number of hydrogen-bond acceptors (Lipinski definition) is 4. The normalized spacial score (nSPS) is 11.2. The molecule has 0 unspecified atom stereocenters. The Balaban J connectivity index is 2.33. The van der Waals surface area contributed by atoms with Gasteiger partial charge in [0.25, 0.3) is 0 Å². The first-order valence-electron chi connectivity index (χ1n) is 5.38. The molecule has 0 N–H and O–H groups in total. The number of carbonyl (C=O) groups excluding carboxylic acids is 1. The van der Waals surface area contributed by atoms with Gasteiger partial charge in [-0.2, -0.15) is 0 Å². The zero-order chi connectivity index (χ0) is 12.5. The Morgan fingerprint density at radius 2 is 1.94 bits per heavy atom. The zero-order valence-corrected chi connectivity index (χ0v) is 10.1. The van der Waals surface area contributed by atoms with E-state index < -0.39 is 6.29 Å². The summed E-state index contributed by atoms with van der Waals surface area (Å²) in [5.41, 5.74) is 1.12. The van der Waals surface area contributed by atoms with Crippen LogP contribution in [0.25, 0.3) is 0 Å². The summed E-state index contributed by atoms with van der Waals surface area (Å²) >= 11 is 0. The molecular formula is C13H17NO3. The molecule has 0 saturated heterocycles. The molecule has 0 saturated carbocycles. The maximum atomic E-state index is 11.5. The van der Waals surface area contributed by atoms with E-state index in [0.717, 1.165) is 5.56 Å². The number of benzene rings is 1. The van der Waals surface area contributed by atoms with Gasteiger partial charge in [0.15, 0.2) is 5.78 Å². The Labute approximate surface area is 101 Å². The van der Waals surface area contributed by atoms with Gasteiger partial charge in [-0.05, 0) is 5.56 Å². The summed E-state index contributed by atoms with van der Waals surface area (Å²) in [5, 5.41) is 0. The third-order valence-corrected chi connectivity index (χ3v) is 2.23. The molecule has 4 heteroatoms. The number of ether oxygens (including phenoxy) is 2. The van der Waals surface area contributed by atoms with E-state index in [2.05, 4.69) is 4.99 Å². The minimum atomic E-state index is -0.793. The molecular weight excluding hydrogens is 218 g/mol. The van der Waals surface area contributed by atoms with Crippen molar-refractivity contribution in [3.05, 3.63) is 35.9 Å². The van der Waals surface area contributed by atoms with Gasteiger partial charge in [-0.15, -0.1) is 0 Å². The second kappa shape index (κ2) is 7.70. The Morgan fingerprint density at radius 3 is 2.53 bits per heavy atom. The summed E-state index contributed by atoms with van der Waals surface area (Å²) < 4.78 is 9.69. The highest BCUT2D eigenvalue weighted by molar-refractivity contribution is 5.93. The minimum absolute atomic E-state index is 0.133. The van der Waals surface area contributed by atoms with Gasteiger partial charge < -0.3 is 9.47 Å². The summed E-state index contributed by atoms with van der Waals surface area (Å²) in [6.07, 6.45) is 1.03. The average molecular weight is 235 g/mol. The standard InChI is InChI=1S/C13H17NO3/c1-16-13(17-2)12(15)8-9-14-10-11-6-4-3-5-7-11/h3-7,9,13H,8,10H2,1-2H3. The first-order chi connectivity index (χ1) is 8.27. The number of carbonyl (C=O) groups is 1. The van der Waals surface area contributed by atoms with Crippen molar-refractivity contribution in [2.75, 3.05) is 14.2 Å². The van der Waals surface area contributed by atoms with Crippen molar-refractivity contribution in [3.8, 4) is 0 Å². The van der Waals surface area contributed by atoms with E-state index in [1.54, 1.807) is 6.21 Å². The number of ketones is 1. The second-order valence-corrected chi connectivity index (χ2v) is 3.48. The highest BCUT2D eigenvalue weighted by atomic mass is 16.7. The van der Waals surface area contributed by atoms with Gasteiger partial charge in [-0.3, -0.25) is 9.79 Å². The zero-order valence-electron chi connectivity index (χ0n) is 10.1. The molecule has 0 bridgehead atoms. The van der Waals surface area contributed by atoms with Gasteiger partial charge in [0, 0.05) is 26.9 Å². The first kappa shape index (κ1) is 13.5. The van der Waals surface area contributed by atoms with E-state index in [1.807, 2.05) is 30.3 Å². The Bertz CT molecular complexity index is 358. The summed E-state index contributed by atoms with van der Waals surface area (Å²) in [5.74, 6) is -0.133. The van der Waals surface area contributed by atoms with E-state index in [4.69, 9.17) is 9.47 Å². The van der Waals surface area contributed by atoms with Crippen molar-refractivity contribution < 1.29 is 14.3 Å². The van der Waals surface area contributed by atoms with Crippen molar-refractivity contribution in [1.29, 1.82) is 0 Å². The van der Waals surface area contributed by atoms with E-state index >= 15 is 0 Å². The molecule has 0 radical (unpaired) electrons. The van der Waals surface area contributed by atoms with Crippen LogP contribution in [-0.4, -0.2) is 32.5 Å². The van der Waals surface area contributed by atoms with Crippen LogP contribution in [0.15, 0.2) is 35.3 Å². The third-order valence-electron chi connectivity index (χ3n) is 2.23. The van der Waals surface area contributed by atoms with Gasteiger partial charge in [-0.25, -0.2) is 0 Å². The molecule has 0 atom stereocenters. The summed E-state index contributed by atoms with van der Waals surface area (Å²) in [6.45, 7) is 0.582. The molecule has 0 aliphatic heterocycles. The number of methoxy groups -OCH3 is 2. The third kappa shape index (κ3) is 4.89. The van der Waals surface area contributed by atoms with Crippen LogP contribution < -0.4 is 0 Å². The number of nitrogens with zero attached hydrogens (tertiary/aromatic N) is 1. The Morgan fingerprint density at radius 1 is 1.29 bits per heavy atom. The predicted octanol–water partition coefficient (Wildman–Crippen LogP) is 1.84. The molecule has 0 aliphatic carbocycles. The van der Waals surface area contributed by atoms with E-state index in [0.29, 0.717) is 6.54 Å². The predicted molar refractivity (Wildman–Crippen MR) is 66.1 cm³/mol. The quantitative estimate of drug-likeness (QED) is 0.535. The summed E-state index contributed by atoms with van der Waals surface area (Å²) in [4.78, 5) is 15.7. The van der Waals surface area contributed by atoms with Gasteiger partial charge in [0.1, 0.15) is 0 Å². The van der Waals surface area contributed by atoms with Crippen LogP contribution in [0, 0.1) is 0 Å². The summed E-state index contributed by atoms with van der Waals surface area (Å²) in [6, 6.07) is 9.86. The lowest BCUT2D eigenvalue weighted by atomic mass is 10.2. The maximum absolute atomic E-state index is 11.5. The molecule has 1 aromatic carbocycles. The van der Waals surface area contributed by atoms with Gasteiger partial charge in [-0.1, -0.05) is 30.3 Å². The molecule has 92 valence electrons. The van der Waals surface area contributed by atoms with Crippen LogP contribution in [0.1, 0.15) is 12.0 Å². The fourth-order valence-corrected chi connectivity index (χ4v) is 1.36. The van der Waals surface area contributed by atoms with Crippen LogP contribution in [0.5, 0.6) is 0 Å². The van der Waals surface area contributed by atoms with Crippen LogP contribution in [0.2, 0.25) is 0 Å². The van der Waals surface area contributed by atoms with Crippen LogP contribution in [-0.2, 0) is 20.8 Å². The molecule has 0 heterocycles. The fraction of sp³-hybridized carbons (Fsp3) is 0.385. The van der Waals surface area contributed by atoms with E-state index in [-0.39, 0.29) is 12.2 Å². The van der Waals surface area contributed by atoms with Crippen molar-refractivity contribution in [3.63, 3.8) is 0 Å². The van der Waals surface area contributed by atoms with Gasteiger partial charge >= 0.3 is 0 Å². The SMILES string of the molecule is COC(OC)C(=O)CC=NCc1ccccc1. The lowest BCUT2D eigenvalue weighted by Crippen LogP contribution is -2.24. The van der Waals surface area contributed by atoms with Gasteiger partial charge in [0.2, 0.25) is 6.29 Å². The van der Waals surface area contributed by atoms with Crippen LogP contribution in [0.3, 0.4) is 0 Å². The van der Waals surface area contributed by atoms with Gasteiger partial charge in [0.05, 0.1) is 6.54 Å². The number of aliphatic imine (C=N–C) groups is 1. The number of hydrogen-bond donors (Lipinski definition) is 0. The molecule has 0 aromatic heterocycles. The average Bonchev–Trinajstić information content (AvgIpc) is 2.37. The largest absolute Gasteiger partial charge is 0.349 e. The molecule has 1 rings (SSSR count).